The number of Topliss-reactive ketones (excluding diaryl/α,β-unsaturated/α-hetero) is 1. The third-order valence-corrected chi connectivity index (χ3v) is 4.88. The summed E-state index contributed by atoms with van der Waals surface area (Å²) >= 11 is 3.30. The molecule has 2 aromatic carbocycles. The van der Waals surface area contributed by atoms with Gasteiger partial charge in [-0.1, -0.05) is 28.1 Å². The monoisotopic (exact) mass is 431 g/mol. The third kappa shape index (κ3) is 4.54. The van der Waals surface area contributed by atoms with Crippen LogP contribution in [-0.4, -0.2) is 37.9 Å². The Hall–Kier alpha value is -2.67. The molecule has 0 N–H and O–H groups in total. The van der Waals surface area contributed by atoms with Crippen LogP contribution < -0.4 is 9.64 Å². The second kappa shape index (κ2) is 8.35. The molecular weight excluding hydrogens is 414 g/mol. The molecule has 0 saturated carbocycles. The highest BCUT2D eigenvalue weighted by atomic mass is 79.9. The molecule has 1 aliphatic heterocycles. The van der Waals surface area contributed by atoms with Gasteiger partial charge in [-0.3, -0.25) is 14.4 Å². The summed E-state index contributed by atoms with van der Waals surface area (Å²) in [7, 11) is 1.57. The zero-order chi connectivity index (χ0) is 19.4. The lowest BCUT2D eigenvalue weighted by atomic mass is 10.1. The van der Waals surface area contributed by atoms with E-state index >= 15 is 0 Å². The summed E-state index contributed by atoms with van der Waals surface area (Å²) in [6, 6.07) is 13.9. The Kier molecular flexibility index (Phi) is 5.91. The highest BCUT2D eigenvalue weighted by Crippen LogP contribution is 2.27. The second-order valence-electron chi connectivity index (χ2n) is 6.14. The minimum absolute atomic E-state index is 0.0668. The molecule has 27 heavy (non-hydrogen) atoms. The van der Waals surface area contributed by atoms with E-state index in [1.807, 2.05) is 0 Å². The van der Waals surface area contributed by atoms with Gasteiger partial charge >= 0.3 is 5.97 Å². The maximum atomic E-state index is 12.3. The van der Waals surface area contributed by atoms with Crippen LogP contribution in [0.4, 0.5) is 5.69 Å². The number of ketones is 1. The molecule has 0 radical (unpaired) electrons. The number of ether oxygens (including phenoxy) is 2. The quantitative estimate of drug-likeness (QED) is 0.518. The summed E-state index contributed by atoms with van der Waals surface area (Å²) in [5.41, 5.74) is 1.16. The van der Waals surface area contributed by atoms with Gasteiger partial charge in [0, 0.05) is 28.7 Å². The molecule has 1 heterocycles. The number of anilines is 1. The van der Waals surface area contributed by atoms with Crippen LogP contribution in [-0.2, 0) is 14.3 Å². The van der Waals surface area contributed by atoms with E-state index in [0.29, 0.717) is 17.0 Å². The minimum Gasteiger partial charge on any atom is -0.497 e. The van der Waals surface area contributed by atoms with Gasteiger partial charge in [0.25, 0.3) is 0 Å². The number of benzene rings is 2. The molecule has 2 aromatic rings. The van der Waals surface area contributed by atoms with Crippen molar-refractivity contribution in [3.8, 4) is 5.75 Å². The van der Waals surface area contributed by atoms with Crippen LogP contribution in [0, 0.1) is 5.92 Å². The van der Waals surface area contributed by atoms with Gasteiger partial charge in [-0.25, -0.2) is 0 Å². The second-order valence-corrected chi connectivity index (χ2v) is 7.06. The van der Waals surface area contributed by atoms with Gasteiger partial charge in [0.1, 0.15) is 5.75 Å². The first kappa shape index (κ1) is 19.1. The Morgan fingerprint density at radius 3 is 2.41 bits per heavy atom. The van der Waals surface area contributed by atoms with E-state index in [9.17, 15) is 14.4 Å². The molecule has 7 heteroatoms. The summed E-state index contributed by atoms with van der Waals surface area (Å²) < 4.78 is 11.1. The number of nitrogens with zero attached hydrogens (tertiary/aromatic N) is 1. The van der Waals surface area contributed by atoms with Crippen LogP contribution in [0.15, 0.2) is 53.0 Å². The number of carbonyl (C=O) groups excluding carboxylic acids is 3. The molecule has 0 aromatic heterocycles. The van der Waals surface area contributed by atoms with E-state index in [1.54, 1.807) is 60.5 Å². The van der Waals surface area contributed by atoms with Crippen molar-refractivity contribution >= 4 is 39.3 Å². The van der Waals surface area contributed by atoms with Gasteiger partial charge in [0.05, 0.1) is 13.0 Å². The molecule has 0 bridgehead atoms. The summed E-state index contributed by atoms with van der Waals surface area (Å²) in [5.74, 6) is -0.872. The first-order chi connectivity index (χ1) is 13.0. The molecule has 1 amide bonds. The Morgan fingerprint density at radius 1 is 1.11 bits per heavy atom. The van der Waals surface area contributed by atoms with Gasteiger partial charge in [0.15, 0.2) is 12.4 Å². The van der Waals surface area contributed by atoms with E-state index in [2.05, 4.69) is 15.9 Å². The SMILES string of the molecule is COc1ccc(N2CC(C(=O)OCC(=O)c3ccc(Br)cc3)CC2=O)cc1. The normalized spacial score (nSPS) is 16.3. The molecule has 0 aliphatic carbocycles. The number of rotatable bonds is 6. The smallest absolute Gasteiger partial charge is 0.311 e. The number of amides is 1. The highest BCUT2D eigenvalue weighted by molar-refractivity contribution is 9.10. The number of esters is 1. The lowest BCUT2D eigenvalue weighted by Gasteiger charge is -2.16. The zero-order valence-electron chi connectivity index (χ0n) is 14.7. The average molecular weight is 432 g/mol. The largest absolute Gasteiger partial charge is 0.497 e. The van der Waals surface area contributed by atoms with Crippen molar-refractivity contribution in [3.63, 3.8) is 0 Å². The number of hydrogen-bond donors (Lipinski definition) is 0. The van der Waals surface area contributed by atoms with Gasteiger partial charge in [0.2, 0.25) is 5.91 Å². The van der Waals surface area contributed by atoms with Crippen molar-refractivity contribution in [2.45, 2.75) is 6.42 Å². The fourth-order valence-electron chi connectivity index (χ4n) is 2.85. The molecule has 1 saturated heterocycles. The van der Waals surface area contributed by atoms with Gasteiger partial charge in [-0.2, -0.15) is 0 Å². The van der Waals surface area contributed by atoms with Crippen molar-refractivity contribution in [1.29, 1.82) is 0 Å². The Morgan fingerprint density at radius 2 is 1.78 bits per heavy atom. The fourth-order valence-corrected chi connectivity index (χ4v) is 3.12. The zero-order valence-corrected chi connectivity index (χ0v) is 16.3. The molecule has 140 valence electrons. The van der Waals surface area contributed by atoms with Crippen LogP contribution in [0.5, 0.6) is 5.75 Å². The van der Waals surface area contributed by atoms with Crippen molar-refractivity contribution in [1.82, 2.24) is 0 Å². The van der Waals surface area contributed by atoms with Crippen LogP contribution in [0.1, 0.15) is 16.8 Å². The topological polar surface area (TPSA) is 72.9 Å². The fraction of sp³-hybridized carbons (Fsp3) is 0.250. The number of hydrogen-bond acceptors (Lipinski definition) is 5. The van der Waals surface area contributed by atoms with Crippen molar-refractivity contribution in [2.75, 3.05) is 25.2 Å². The van der Waals surface area contributed by atoms with Crippen LogP contribution >= 0.6 is 15.9 Å². The number of carbonyl (C=O) groups is 3. The van der Waals surface area contributed by atoms with Crippen molar-refractivity contribution in [2.24, 2.45) is 5.92 Å². The maximum Gasteiger partial charge on any atom is 0.311 e. The molecule has 0 spiro atoms. The predicted octanol–water partition coefficient (Wildman–Crippen LogP) is 3.24. The van der Waals surface area contributed by atoms with Crippen LogP contribution in [0.3, 0.4) is 0 Å². The van der Waals surface area contributed by atoms with Crippen molar-refractivity contribution in [3.05, 3.63) is 58.6 Å². The van der Waals surface area contributed by atoms with E-state index in [4.69, 9.17) is 9.47 Å². The Bertz CT molecular complexity index is 848. The molecule has 1 atom stereocenters. The first-order valence-electron chi connectivity index (χ1n) is 8.37. The molecule has 1 fully saturated rings. The molecule has 6 nitrogen and oxygen atoms in total. The summed E-state index contributed by atoms with van der Waals surface area (Å²) in [4.78, 5) is 38.2. The molecule has 3 rings (SSSR count). The predicted molar refractivity (Wildman–Crippen MR) is 103 cm³/mol. The summed E-state index contributed by atoms with van der Waals surface area (Å²) in [6.45, 7) is -0.107. The number of halogens is 1. The molecular formula is C20H18BrNO5. The lowest BCUT2D eigenvalue weighted by Crippen LogP contribution is -2.27. The van der Waals surface area contributed by atoms with Crippen LogP contribution in [0.25, 0.3) is 0 Å². The van der Waals surface area contributed by atoms with Crippen molar-refractivity contribution < 1.29 is 23.9 Å². The first-order valence-corrected chi connectivity index (χ1v) is 9.17. The standard InChI is InChI=1S/C20H18BrNO5/c1-26-17-8-6-16(7-9-17)22-11-14(10-19(22)24)20(25)27-12-18(23)13-2-4-15(21)5-3-13/h2-9,14H,10-12H2,1H3. The number of methoxy groups -OCH3 is 1. The van der Waals surface area contributed by atoms with Crippen LogP contribution in [0.2, 0.25) is 0 Å². The molecule has 1 aliphatic rings. The Balaban J connectivity index is 1.56. The Labute approximate surface area is 165 Å². The van der Waals surface area contributed by atoms with E-state index < -0.39 is 11.9 Å². The highest BCUT2D eigenvalue weighted by Gasteiger charge is 2.36. The summed E-state index contributed by atoms with van der Waals surface area (Å²) in [5, 5.41) is 0. The average Bonchev–Trinajstić information content (AvgIpc) is 3.08. The van der Waals surface area contributed by atoms with E-state index in [0.717, 1.165) is 4.47 Å². The molecule has 1 unspecified atom stereocenters. The van der Waals surface area contributed by atoms with E-state index in [1.165, 1.54) is 0 Å². The maximum absolute atomic E-state index is 12.3. The van der Waals surface area contributed by atoms with Gasteiger partial charge in [-0.05, 0) is 36.4 Å². The van der Waals surface area contributed by atoms with Gasteiger partial charge < -0.3 is 14.4 Å². The lowest BCUT2D eigenvalue weighted by molar-refractivity contribution is -0.147. The summed E-state index contributed by atoms with van der Waals surface area (Å²) in [6.07, 6.45) is 0.0668. The van der Waals surface area contributed by atoms with Gasteiger partial charge in [-0.15, -0.1) is 0 Å². The van der Waals surface area contributed by atoms with E-state index in [-0.39, 0.29) is 31.3 Å². The minimum atomic E-state index is -0.586. The third-order valence-electron chi connectivity index (χ3n) is 4.35.